The fourth-order valence-electron chi connectivity index (χ4n) is 2.39. The summed E-state index contributed by atoms with van der Waals surface area (Å²) in [5, 5.41) is 0. The Bertz CT molecular complexity index is 981. The topological polar surface area (TPSA) is 57.5 Å². The molecule has 0 bridgehead atoms. The standard InChI is InChI=1S/C18H14Cl3NO4S/c19-18(20,21)16(25-11-12-6-2-1-3-7-12)26-15(23)10-22-13-8-4-5-9-14(13)27-17(22)24/h1-9,16H,10-11H2/t16-/m0/s1. The molecule has 0 amide bonds. The van der Waals surface area contributed by atoms with Gasteiger partial charge in [0.15, 0.2) is 0 Å². The SMILES string of the molecule is O=C(Cn1c(=O)sc2ccccc21)O[C@H](OCc1ccccc1)C(Cl)(Cl)Cl. The predicted molar refractivity (Wildman–Crippen MR) is 107 cm³/mol. The third kappa shape index (κ3) is 5.24. The number of para-hydroxylation sites is 1. The molecule has 3 rings (SSSR count). The number of aromatic nitrogens is 1. The number of alkyl halides is 3. The first-order valence-electron chi connectivity index (χ1n) is 7.84. The highest BCUT2D eigenvalue weighted by atomic mass is 35.6. The normalized spacial score (nSPS) is 12.9. The van der Waals surface area contributed by atoms with Crippen molar-refractivity contribution >= 4 is 62.3 Å². The molecule has 0 aliphatic carbocycles. The molecule has 0 saturated carbocycles. The van der Waals surface area contributed by atoms with E-state index in [-0.39, 0.29) is 18.0 Å². The molecule has 0 unspecified atom stereocenters. The maximum atomic E-state index is 12.3. The molecule has 0 aliphatic rings. The van der Waals surface area contributed by atoms with Crippen LogP contribution in [0.5, 0.6) is 0 Å². The Hall–Kier alpha value is -1.57. The van der Waals surface area contributed by atoms with Crippen LogP contribution in [0.2, 0.25) is 0 Å². The molecule has 0 saturated heterocycles. The minimum atomic E-state index is -1.98. The number of carbonyl (C=O) groups excluding carboxylic acids is 1. The number of rotatable bonds is 6. The fraction of sp³-hybridized carbons (Fsp3) is 0.222. The van der Waals surface area contributed by atoms with Crippen molar-refractivity contribution in [3.8, 4) is 0 Å². The van der Waals surface area contributed by atoms with Gasteiger partial charge >= 0.3 is 10.8 Å². The van der Waals surface area contributed by atoms with Crippen LogP contribution in [-0.4, -0.2) is 20.6 Å². The van der Waals surface area contributed by atoms with Crippen LogP contribution in [0.3, 0.4) is 0 Å². The van der Waals surface area contributed by atoms with E-state index < -0.39 is 16.1 Å². The van der Waals surface area contributed by atoms with E-state index in [1.165, 1.54) is 4.57 Å². The average Bonchev–Trinajstić information content (AvgIpc) is 2.94. The van der Waals surface area contributed by atoms with Crippen molar-refractivity contribution in [3.05, 3.63) is 69.8 Å². The Morgan fingerprint density at radius 3 is 2.44 bits per heavy atom. The van der Waals surface area contributed by atoms with Crippen molar-refractivity contribution in [1.82, 2.24) is 4.57 Å². The molecule has 0 spiro atoms. The van der Waals surface area contributed by atoms with E-state index in [0.29, 0.717) is 5.52 Å². The molecule has 0 radical (unpaired) electrons. The highest BCUT2D eigenvalue weighted by molar-refractivity contribution is 7.16. The van der Waals surface area contributed by atoms with Crippen LogP contribution in [0.25, 0.3) is 10.2 Å². The lowest BCUT2D eigenvalue weighted by Gasteiger charge is -2.24. The van der Waals surface area contributed by atoms with Gasteiger partial charge in [-0.15, -0.1) is 0 Å². The van der Waals surface area contributed by atoms with Crippen LogP contribution in [0.15, 0.2) is 59.4 Å². The Labute approximate surface area is 174 Å². The second-order valence-corrected chi connectivity index (χ2v) is 8.94. The van der Waals surface area contributed by atoms with Gasteiger partial charge in [-0.25, -0.2) is 0 Å². The van der Waals surface area contributed by atoms with Crippen molar-refractivity contribution in [2.24, 2.45) is 0 Å². The minimum Gasteiger partial charge on any atom is -0.430 e. The molecule has 142 valence electrons. The van der Waals surface area contributed by atoms with Crippen LogP contribution in [0.4, 0.5) is 0 Å². The van der Waals surface area contributed by atoms with Gasteiger partial charge in [-0.05, 0) is 17.7 Å². The Balaban J connectivity index is 1.70. The fourth-order valence-corrected chi connectivity index (χ4v) is 3.60. The number of halogens is 3. The molecule has 0 fully saturated rings. The molecule has 3 aromatic rings. The van der Waals surface area contributed by atoms with Crippen LogP contribution >= 0.6 is 46.1 Å². The molecular weight excluding hydrogens is 433 g/mol. The Morgan fingerprint density at radius 2 is 1.74 bits per heavy atom. The summed E-state index contributed by atoms with van der Waals surface area (Å²) < 4.78 is 10.8. The summed E-state index contributed by atoms with van der Waals surface area (Å²) in [5.74, 6) is -0.745. The highest BCUT2D eigenvalue weighted by Gasteiger charge is 2.37. The smallest absolute Gasteiger partial charge is 0.328 e. The summed E-state index contributed by atoms with van der Waals surface area (Å²) in [6.45, 7) is -0.219. The summed E-state index contributed by atoms with van der Waals surface area (Å²) >= 11 is 18.7. The number of hydrogen-bond donors (Lipinski definition) is 0. The molecule has 5 nitrogen and oxygen atoms in total. The lowest BCUT2D eigenvalue weighted by Crippen LogP contribution is -2.35. The van der Waals surface area contributed by atoms with Crippen LogP contribution < -0.4 is 4.87 Å². The van der Waals surface area contributed by atoms with E-state index in [4.69, 9.17) is 44.3 Å². The quantitative estimate of drug-likeness (QED) is 0.317. The number of ether oxygens (including phenoxy) is 2. The van der Waals surface area contributed by atoms with Gasteiger partial charge in [0, 0.05) is 0 Å². The van der Waals surface area contributed by atoms with Gasteiger partial charge in [0.1, 0.15) is 6.54 Å². The maximum Gasteiger partial charge on any atom is 0.328 e. The second-order valence-electron chi connectivity index (χ2n) is 5.58. The van der Waals surface area contributed by atoms with Crippen molar-refractivity contribution in [2.45, 2.75) is 23.2 Å². The third-order valence-corrected chi connectivity index (χ3v) is 5.11. The van der Waals surface area contributed by atoms with Crippen LogP contribution in [-0.2, 0) is 27.4 Å². The second kappa shape index (κ2) is 8.63. The molecule has 9 heteroatoms. The first kappa shape index (κ1) is 20.2. The number of esters is 1. The van der Waals surface area contributed by atoms with E-state index >= 15 is 0 Å². The van der Waals surface area contributed by atoms with E-state index in [9.17, 15) is 9.59 Å². The monoisotopic (exact) mass is 445 g/mol. The lowest BCUT2D eigenvalue weighted by atomic mass is 10.2. The average molecular weight is 447 g/mol. The molecular formula is C18H14Cl3NO4S. The number of nitrogens with zero attached hydrogens (tertiary/aromatic N) is 1. The number of hydrogen-bond acceptors (Lipinski definition) is 5. The zero-order chi connectivity index (χ0) is 19.4. The van der Waals surface area contributed by atoms with Crippen molar-refractivity contribution in [2.75, 3.05) is 0 Å². The zero-order valence-electron chi connectivity index (χ0n) is 13.8. The lowest BCUT2D eigenvalue weighted by molar-refractivity contribution is -0.181. The maximum absolute atomic E-state index is 12.3. The Kier molecular flexibility index (Phi) is 6.44. The summed E-state index contributed by atoms with van der Waals surface area (Å²) in [4.78, 5) is 24.2. The molecule has 0 aliphatic heterocycles. The van der Waals surface area contributed by atoms with Gasteiger partial charge in [-0.1, -0.05) is 88.6 Å². The van der Waals surface area contributed by atoms with E-state index in [1.807, 2.05) is 36.4 Å². The molecule has 2 aromatic carbocycles. The number of fused-ring (bicyclic) bond motifs is 1. The highest BCUT2D eigenvalue weighted by Crippen LogP contribution is 2.33. The van der Waals surface area contributed by atoms with E-state index in [1.54, 1.807) is 18.2 Å². The summed E-state index contributed by atoms with van der Waals surface area (Å²) in [6.07, 6.45) is -1.42. The van der Waals surface area contributed by atoms with Gasteiger partial charge in [0.2, 0.25) is 0 Å². The zero-order valence-corrected chi connectivity index (χ0v) is 16.9. The van der Waals surface area contributed by atoms with Gasteiger partial charge in [0.25, 0.3) is 10.1 Å². The summed E-state index contributed by atoms with van der Waals surface area (Å²) in [6, 6.07) is 16.3. The molecule has 1 aromatic heterocycles. The first-order chi connectivity index (χ1) is 12.8. The number of benzene rings is 2. The first-order valence-corrected chi connectivity index (χ1v) is 9.80. The van der Waals surface area contributed by atoms with Gasteiger partial charge in [-0.3, -0.25) is 14.2 Å². The van der Waals surface area contributed by atoms with E-state index in [2.05, 4.69) is 0 Å². The van der Waals surface area contributed by atoms with Gasteiger partial charge in [-0.2, -0.15) is 0 Å². The van der Waals surface area contributed by atoms with Crippen molar-refractivity contribution < 1.29 is 14.3 Å². The van der Waals surface area contributed by atoms with Crippen molar-refractivity contribution in [1.29, 1.82) is 0 Å². The Morgan fingerprint density at radius 1 is 1.07 bits per heavy atom. The predicted octanol–water partition coefficient (Wildman–Crippen LogP) is 4.52. The number of carbonyl (C=O) groups is 1. The number of thiazole rings is 1. The summed E-state index contributed by atoms with van der Waals surface area (Å²) in [5.41, 5.74) is 1.47. The minimum absolute atomic E-state index is 0.0913. The van der Waals surface area contributed by atoms with Crippen LogP contribution in [0.1, 0.15) is 5.56 Å². The third-order valence-electron chi connectivity index (χ3n) is 3.61. The molecule has 27 heavy (non-hydrogen) atoms. The molecule has 1 atom stereocenters. The van der Waals surface area contributed by atoms with E-state index in [0.717, 1.165) is 21.6 Å². The molecule has 1 heterocycles. The molecule has 0 N–H and O–H groups in total. The van der Waals surface area contributed by atoms with Crippen LogP contribution in [0, 0.1) is 0 Å². The van der Waals surface area contributed by atoms with Crippen molar-refractivity contribution in [3.63, 3.8) is 0 Å². The van der Waals surface area contributed by atoms with Gasteiger partial charge in [0.05, 0.1) is 16.8 Å². The summed E-state index contributed by atoms with van der Waals surface area (Å²) in [7, 11) is 0. The van der Waals surface area contributed by atoms with Gasteiger partial charge < -0.3 is 9.47 Å². The largest absolute Gasteiger partial charge is 0.430 e.